The first-order chi connectivity index (χ1) is 8.45. The standard InChI is InChI=1S/C12H15ClN2O3/c1-7(2)10(12(17)18-3)15-11(16)9-5-4-8(13)6-14-9/h4-7,10H,1-3H3,(H,15,16). The maximum Gasteiger partial charge on any atom is 0.328 e. The van der Waals surface area contributed by atoms with Gasteiger partial charge in [0.25, 0.3) is 5.91 Å². The number of aromatic nitrogens is 1. The molecule has 1 rings (SSSR count). The lowest BCUT2D eigenvalue weighted by Gasteiger charge is -2.19. The number of hydrogen-bond acceptors (Lipinski definition) is 4. The first-order valence-corrected chi connectivity index (χ1v) is 5.83. The number of carbonyl (C=O) groups excluding carboxylic acids is 2. The summed E-state index contributed by atoms with van der Waals surface area (Å²) in [6.45, 7) is 3.63. The largest absolute Gasteiger partial charge is 0.467 e. The van der Waals surface area contributed by atoms with Gasteiger partial charge in [-0.1, -0.05) is 25.4 Å². The predicted octanol–water partition coefficient (Wildman–Crippen LogP) is 1.66. The van der Waals surface area contributed by atoms with Crippen molar-refractivity contribution >= 4 is 23.5 Å². The Bertz CT molecular complexity index is 431. The number of hydrogen-bond donors (Lipinski definition) is 1. The van der Waals surface area contributed by atoms with Gasteiger partial charge in [-0.15, -0.1) is 0 Å². The molecule has 1 heterocycles. The highest BCUT2D eigenvalue weighted by Crippen LogP contribution is 2.08. The van der Waals surface area contributed by atoms with E-state index in [0.29, 0.717) is 5.02 Å². The lowest BCUT2D eigenvalue weighted by Crippen LogP contribution is -2.45. The fraction of sp³-hybridized carbons (Fsp3) is 0.417. The molecule has 5 nitrogen and oxygen atoms in total. The van der Waals surface area contributed by atoms with E-state index in [2.05, 4.69) is 15.0 Å². The van der Waals surface area contributed by atoms with Crippen LogP contribution in [0.1, 0.15) is 24.3 Å². The van der Waals surface area contributed by atoms with Crippen molar-refractivity contribution in [3.05, 3.63) is 29.0 Å². The molecule has 0 aliphatic rings. The van der Waals surface area contributed by atoms with Crippen molar-refractivity contribution in [1.29, 1.82) is 0 Å². The Hall–Kier alpha value is -1.62. The summed E-state index contributed by atoms with van der Waals surface area (Å²) in [6.07, 6.45) is 1.37. The number of ether oxygens (including phenoxy) is 1. The van der Waals surface area contributed by atoms with Crippen molar-refractivity contribution in [2.45, 2.75) is 19.9 Å². The van der Waals surface area contributed by atoms with Gasteiger partial charge in [0.1, 0.15) is 11.7 Å². The van der Waals surface area contributed by atoms with Crippen LogP contribution in [-0.2, 0) is 9.53 Å². The van der Waals surface area contributed by atoms with Crippen molar-refractivity contribution in [1.82, 2.24) is 10.3 Å². The molecule has 0 aromatic carbocycles. The van der Waals surface area contributed by atoms with Crippen molar-refractivity contribution in [3.8, 4) is 0 Å². The van der Waals surface area contributed by atoms with Gasteiger partial charge in [-0.25, -0.2) is 9.78 Å². The number of halogens is 1. The van der Waals surface area contributed by atoms with Gasteiger partial charge in [-0.3, -0.25) is 4.79 Å². The molecular weight excluding hydrogens is 256 g/mol. The summed E-state index contributed by atoms with van der Waals surface area (Å²) in [5.41, 5.74) is 0.203. The van der Waals surface area contributed by atoms with Crippen molar-refractivity contribution in [2.75, 3.05) is 7.11 Å². The van der Waals surface area contributed by atoms with Gasteiger partial charge in [0.15, 0.2) is 0 Å². The lowest BCUT2D eigenvalue weighted by atomic mass is 10.0. The molecule has 1 unspecified atom stereocenters. The van der Waals surface area contributed by atoms with E-state index in [-0.39, 0.29) is 11.6 Å². The van der Waals surface area contributed by atoms with E-state index < -0.39 is 17.9 Å². The highest BCUT2D eigenvalue weighted by atomic mass is 35.5. The number of esters is 1. The van der Waals surface area contributed by atoms with Gasteiger partial charge in [0.2, 0.25) is 0 Å². The second-order valence-corrected chi connectivity index (χ2v) is 4.52. The Morgan fingerprint density at radius 1 is 1.39 bits per heavy atom. The number of nitrogens with one attached hydrogen (secondary N) is 1. The van der Waals surface area contributed by atoms with E-state index in [9.17, 15) is 9.59 Å². The average Bonchev–Trinajstić information content (AvgIpc) is 2.35. The van der Waals surface area contributed by atoms with Crippen LogP contribution in [0, 0.1) is 5.92 Å². The van der Waals surface area contributed by atoms with Crippen LogP contribution in [0.3, 0.4) is 0 Å². The van der Waals surface area contributed by atoms with Crippen LogP contribution < -0.4 is 5.32 Å². The van der Waals surface area contributed by atoms with Crippen molar-refractivity contribution < 1.29 is 14.3 Å². The Morgan fingerprint density at radius 2 is 2.06 bits per heavy atom. The van der Waals surface area contributed by atoms with E-state index in [1.807, 2.05) is 13.8 Å². The predicted molar refractivity (Wildman–Crippen MR) is 67.4 cm³/mol. The number of rotatable bonds is 4. The van der Waals surface area contributed by atoms with Crippen molar-refractivity contribution in [3.63, 3.8) is 0 Å². The molecule has 98 valence electrons. The molecule has 0 saturated heterocycles. The zero-order valence-corrected chi connectivity index (χ0v) is 11.2. The molecule has 1 N–H and O–H groups in total. The number of methoxy groups -OCH3 is 1. The number of pyridine rings is 1. The maximum atomic E-state index is 11.9. The van der Waals surface area contributed by atoms with E-state index in [4.69, 9.17) is 11.6 Å². The molecule has 1 atom stereocenters. The van der Waals surface area contributed by atoms with Crippen LogP contribution in [0.15, 0.2) is 18.3 Å². The molecule has 18 heavy (non-hydrogen) atoms. The highest BCUT2D eigenvalue weighted by molar-refractivity contribution is 6.30. The van der Waals surface area contributed by atoms with Gasteiger partial charge < -0.3 is 10.1 Å². The van der Waals surface area contributed by atoms with E-state index in [0.717, 1.165) is 0 Å². The first-order valence-electron chi connectivity index (χ1n) is 5.46. The molecule has 0 radical (unpaired) electrons. The highest BCUT2D eigenvalue weighted by Gasteiger charge is 2.25. The normalized spacial score (nSPS) is 12.1. The molecule has 1 amide bonds. The van der Waals surface area contributed by atoms with E-state index >= 15 is 0 Å². The third kappa shape index (κ3) is 3.70. The molecule has 0 bridgehead atoms. The molecular formula is C12H15ClN2O3. The molecule has 1 aromatic rings. The van der Waals surface area contributed by atoms with Gasteiger partial charge in [0.05, 0.1) is 12.1 Å². The fourth-order valence-corrected chi connectivity index (χ4v) is 1.46. The third-order valence-corrected chi connectivity index (χ3v) is 2.59. The Kier molecular flexibility index (Phi) is 5.09. The molecule has 0 saturated carbocycles. The third-order valence-electron chi connectivity index (χ3n) is 2.37. The Labute approximate surface area is 110 Å². The average molecular weight is 271 g/mol. The molecule has 0 fully saturated rings. The molecule has 0 spiro atoms. The summed E-state index contributed by atoms with van der Waals surface area (Å²) in [4.78, 5) is 27.2. The zero-order valence-electron chi connectivity index (χ0n) is 10.4. The van der Waals surface area contributed by atoms with Crippen LogP contribution in [0.2, 0.25) is 5.02 Å². The van der Waals surface area contributed by atoms with Crippen LogP contribution in [-0.4, -0.2) is 30.0 Å². The monoisotopic (exact) mass is 270 g/mol. The van der Waals surface area contributed by atoms with Gasteiger partial charge in [0, 0.05) is 6.20 Å². The summed E-state index contributed by atoms with van der Waals surface area (Å²) in [5, 5.41) is 3.03. The van der Waals surface area contributed by atoms with Crippen molar-refractivity contribution in [2.24, 2.45) is 5.92 Å². The maximum absolute atomic E-state index is 11.9. The Morgan fingerprint density at radius 3 is 2.50 bits per heavy atom. The number of nitrogens with zero attached hydrogens (tertiary/aromatic N) is 1. The lowest BCUT2D eigenvalue weighted by molar-refractivity contribution is -0.144. The number of amides is 1. The first kappa shape index (κ1) is 14.4. The summed E-state index contributed by atoms with van der Waals surface area (Å²) in [5.74, 6) is -0.989. The van der Waals surface area contributed by atoms with Gasteiger partial charge >= 0.3 is 5.97 Å². The van der Waals surface area contributed by atoms with Crippen LogP contribution >= 0.6 is 11.6 Å². The van der Waals surface area contributed by atoms with Gasteiger partial charge in [-0.05, 0) is 18.1 Å². The van der Waals surface area contributed by atoms with Crippen LogP contribution in [0.4, 0.5) is 0 Å². The summed E-state index contributed by atoms with van der Waals surface area (Å²) >= 11 is 5.68. The molecule has 1 aromatic heterocycles. The number of carbonyl (C=O) groups is 2. The SMILES string of the molecule is COC(=O)C(NC(=O)c1ccc(Cl)cn1)C(C)C. The minimum atomic E-state index is -0.694. The summed E-state index contributed by atoms with van der Waals surface area (Å²) < 4.78 is 4.63. The quantitative estimate of drug-likeness (QED) is 0.845. The summed E-state index contributed by atoms with van der Waals surface area (Å²) in [6, 6.07) is 2.36. The zero-order chi connectivity index (χ0) is 13.7. The molecule has 0 aliphatic heterocycles. The second-order valence-electron chi connectivity index (χ2n) is 4.08. The van der Waals surface area contributed by atoms with Gasteiger partial charge in [-0.2, -0.15) is 0 Å². The smallest absolute Gasteiger partial charge is 0.328 e. The fourth-order valence-electron chi connectivity index (χ4n) is 1.35. The minimum absolute atomic E-state index is 0.0753. The summed E-state index contributed by atoms with van der Waals surface area (Å²) in [7, 11) is 1.28. The minimum Gasteiger partial charge on any atom is -0.467 e. The molecule has 6 heteroatoms. The molecule has 0 aliphatic carbocycles. The van der Waals surface area contributed by atoms with E-state index in [1.165, 1.54) is 19.4 Å². The van der Waals surface area contributed by atoms with Crippen LogP contribution in [0.25, 0.3) is 0 Å². The van der Waals surface area contributed by atoms with E-state index in [1.54, 1.807) is 6.07 Å². The second kappa shape index (κ2) is 6.35. The van der Waals surface area contributed by atoms with Crippen LogP contribution in [0.5, 0.6) is 0 Å². The topological polar surface area (TPSA) is 68.3 Å². The Balaban J connectivity index is 2.78.